The molecule has 0 bridgehead atoms. The minimum Gasteiger partial charge on any atom is -0.446 e. The molecule has 2 aromatic rings. The summed E-state index contributed by atoms with van der Waals surface area (Å²) in [6.45, 7) is 0.522. The molecule has 3 N–H and O–H groups in total. The Morgan fingerprint density at radius 1 is 1.11 bits per heavy atom. The average Bonchev–Trinajstić information content (AvgIpc) is 3.87. The molecule has 0 spiro atoms. The molecule has 4 fully saturated rings. The van der Waals surface area contributed by atoms with E-state index in [1.165, 1.54) is 29.5 Å². The van der Waals surface area contributed by atoms with Crippen LogP contribution in [0.15, 0.2) is 29.8 Å². The van der Waals surface area contributed by atoms with Gasteiger partial charge in [0.15, 0.2) is 0 Å². The lowest BCUT2D eigenvalue weighted by Gasteiger charge is -2.27. The van der Waals surface area contributed by atoms with Crippen LogP contribution in [0.3, 0.4) is 0 Å². The quantitative estimate of drug-likeness (QED) is 0.416. The van der Waals surface area contributed by atoms with Crippen LogP contribution in [0, 0.1) is 23.6 Å². The largest absolute Gasteiger partial charge is 0.446 e. The van der Waals surface area contributed by atoms with Crippen molar-refractivity contribution < 1.29 is 36.7 Å². The number of carbonyl (C=O) groups excluding carboxylic acids is 4. The van der Waals surface area contributed by atoms with Gasteiger partial charge in [-0.1, -0.05) is 19.3 Å². The molecule has 12 nitrogen and oxygen atoms in total. The Balaban J connectivity index is 1.19. The SMILES string of the molecule is CN1CCCCCCC2CC2(C(=O)NS(=O)(=O)C2CC2)NC(=O)C2CC(OC(=O)Nc3ccc(F)cc3-c3nccs3)CC2C1=O. The molecule has 3 aliphatic carbocycles. The van der Waals surface area contributed by atoms with Crippen LogP contribution in [-0.4, -0.2) is 72.6 Å². The van der Waals surface area contributed by atoms with Gasteiger partial charge in [-0.25, -0.2) is 22.6 Å². The van der Waals surface area contributed by atoms with Crippen molar-refractivity contribution in [2.24, 2.45) is 17.8 Å². The number of hydrogen-bond donors (Lipinski definition) is 3. The first-order valence-electron chi connectivity index (χ1n) is 15.8. The van der Waals surface area contributed by atoms with Crippen molar-refractivity contribution in [2.45, 2.75) is 81.1 Å². The summed E-state index contributed by atoms with van der Waals surface area (Å²) >= 11 is 1.28. The number of benzene rings is 1. The fourth-order valence-corrected chi connectivity index (χ4v) is 8.78. The number of fused-ring (bicyclic) bond motifs is 2. The first-order valence-corrected chi connectivity index (χ1v) is 18.2. The number of nitrogens with one attached hydrogen (secondary N) is 3. The molecule has 2 heterocycles. The second-order valence-electron chi connectivity index (χ2n) is 12.9. The van der Waals surface area contributed by atoms with E-state index in [-0.39, 0.29) is 24.7 Å². The summed E-state index contributed by atoms with van der Waals surface area (Å²) in [6, 6.07) is 3.88. The van der Waals surface area contributed by atoms with E-state index >= 15 is 0 Å². The third kappa shape index (κ3) is 6.89. The molecular weight excluding hydrogens is 638 g/mol. The predicted molar refractivity (Wildman–Crippen MR) is 167 cm³/mol. The Kier molecular flexibility index (Phi) is 9.07. The summed E-state index contributed by atoms with van der Waals surface area (Å²) in [6.07, 6.45) is 5.41. The van der Waals surface area contributed by atoms with Crippen molar-refractivity contribution in [3.63, 3.8) is 0 Å². The van der Waals surface area contributed by atoms with Crippen LogP contribution in [0.1, 0.15) is 64.2 Å². The molecule has 0 radical (unpaired) electrons. The Morgan fingerprint density at radius 3 is 2.61 bits per heavy atom. The molecule has 1 aliphatic heterocycles. The molecule has 4 aliphatic rings. The second kappa shape index (κ2) is 12.9. The monoisotopic (exact) mass is 675 g/mol. The van der Waals surface area contributed by atoms with Gasteiger partial charge in [-0.05, 0) is 69.1 Å². The zero-order valence-electron chi connectivity index (χ0n) is 25.5. The van der Waals surface area contributed by atoms with Crippen LogP contribution >= 0.6 is 11.3 Å². The molecule has 15 heteroatoms. The Morgan fingerprint density at radius 2 is 1.87 bits per heavy atom. The highest BCUT2D eigenvalue weighted by Gasteiger charge is 2.62. The fraction of sp³-hybridized carbons (Fsp3) is 0.581. The van der Waals surface area contributed by atoms with Crippen LogP contribution in [-0.2, 0) is 29.1 Å². The molecule has 6 rings (SSSR count). The highest BCUT2D eigenvalue weighted by Crippen LogP contribution is 2.49. The van der Waals surface area contributed by atoms with Crippen molar-refractivity contribution in [1.82, 2.24) is 19.9 Å². The van der Waals surface area contributed by atoms with Gasteiger partial charge in [0.05, 0.1) is 22.8 Å². The van der Waals surface area contributed by atoms with E-state index in [4.69, 9.17) is 4.74 Å². The van der Waals surface area contributed by atoms with Crippen molar-refractivity contribution in [2.75, 3.05) is 18.9 Å². The van der Waals surface area contributed by atoms with E-state index < -0.39 is 62.5 Å². The maximum Gasteiger partial charge on any atom is 0.411 e. The van der Waals surface area contributed by atoms with Crippen LogP contribution in [0.5, 0.6) is 0 Å². The van der Waals surface area contributed by atoms with Gasteiger partial charge in [-0.15, -0.1) is 11.3 Å². The van der Waals surface area contributed by atoms with Gasteiger partial charge in [0, 0.05) is 30.7 Å². The number of hydrogen-bond acceptors (Lipinski definition) is 9. The van der Waals surface area contributed by atoms with Crippen molar-refractivity contribution in [3.05, 3.63) is 35.6 Å². The summed E-state index contributed by atoms with van der Waals surface area (Å²) < 4.78 is 47.2. The van der Waals surface area contributed by atoms with E-state index in [1.807, 2.05) is 0 Å². The number of halogens is 1. The third-order valence-electron chi connectivity index (χ3n) is 9.56. The van der Waals surface area contributed by atoms with E-state index in [1.54, 1.807) is 23.5 Å². The molecule has 1 aromatic carbocycles. The highest BCUT2D eigenvalue weighted by atomic mass is 32.2. The number of nitrogens with zero attached hydrogens (tertiary/aromatic N) is 2. The molecule has 1 aromatic heterocycles. The van der Waals surface area contributed by atoms with Gasteiger partial charge in [-0.2, -0.15) is 0 Å². The minimum absolute atomic E-state index is 0.0367. The van der Waals surface area contributed by atoms with Crippen LogP contribution in [0.2, 0.25) is 0 Å². The molecular formula is C31H38FN5O7S2. The summed E-state index contributed by atoms with van der Waals surface area (Å²) in [7, 11) is -2.14. The first-order chi connectivity index (χ1) is 22.0. The highest BCUT2D eigenvalue weighted by molar-refractivity contribution is 7.91. The maximum atomic E-state index is 14.0. The van der Waals surface area contributed by atoms with Crippen LogP contribution in [0.25, 0.3) is 10.6 Å². The third-order valence-corrected chi connectivity index (χ3v) is 12.2. The number of sulfonamides is 1. The molecule has 5 atom stereocenters. The summed E-state index contributed by atoms with van der Waals surface area (Å²) in [5, 5.41) is 7.15. The van der Waals surface area contributed by atoms with Gasteiger partial charge in [-0.3, -0.25) is 24.4 Å². The van der Waals surface area contributed by atoms with Gasteiger partial charge in [0.1, 0.15) is 22.5 Å². The lowest BCUT2D eigenvalue weighted by Crippen LogP contribution is -2.54. The molecule has 46 heavy (non-hydrogen) atoms. The number of rotatable bonds is 6. The van der Waals surface area contributed by atoms with E-state index in [2.05, 4.69) is 20.3 Å². The predicted octanol–water partition coefficient (Wildman–Crippen LogP) is 3.80. The Bertz CT molecular complexity index is 1620. The fourth-order valence-electron chi connectivity index (χ4n) is 6.75. The number of anilines is 1. The molecule has 4 amide bonds. The van der Waals surface area contributed by atoms with Gasteiger partial charge in [0.25, 0.3) is 5.91 Å². The number of amides is 4. The molecule has 248 valence electrons. The molecule has 1 saturated heterocycles. The van der Waals surface area contributed by atoms with E-state index in [0.29, 0.717) is 48.5 Å². The Hall–Kier alpha value is -3.59. The average molecular weight is 676 g/mol. The van der Waals surface area contributed by atoms with E-state index in [0.717, 1.165) is 25.7 Å². The van der Waals surface area contributed by atoms with Gasteiger partial charge < -0.3 is 15.0 Å². The van der Waals surface area contributed by atoms with Crippen LogP contribution < -0.4 is 15.4 Å². The maximum absolute atomic E-state index is 14.0. The van der Waals surface area contributed by atoms with Crippen molar-refractivity contribution in [1.29, 1.82) is 0 Å². The minimum atomic E-state index is -3.83. The molecule has 3 saturated carbocycles. The standard InChI is InChI=1S/C31H38FN5O7S2/c1-37-12-5-3-2-4-6-18-17-31(18,29(40)36-46(42,43)21-8-9-21)35-26(38)22-15-20(16-23(22)28(37)39)44-30(41)34-25-10-7-19(32)14-24(25)27-33-11-13-45-27/h7,10-11,13-14,18,20-23H,2-6,8-9,12,15-17H2,1H3,(H,34,41)(H,35,38)(H,36,40). The lowest BCUT2D eigenvalue weighted by molar-refractivity contribution is -0.140. The number of aromatic nitrogens is 1. The summed E-state index contributed by atoms with van der Waals surface area (Å²) in [4.78, 5) is 59.8. The van der Waals surface area contributed by atoms with Crippen LogP contribution in [0.4, 0.5) is 14.9 Å². The summed E-state index contributed by atoms with van der Waals surface area (Å²) in [5.41, 5.74) is -0.692. The topological polar surface area (TPSA) is 164 Å². The van der Waals surface area contributed by atoms with Gasteiger partial charge in [0.2, 0.25) is 21.8 Å². The normalized spacial score (nSPS) is 28.7. The zero-order chi connectivity index (χ0) is 32.6. The Labute approximate surface area is 270 Å². The number of thiazole rings is 1. The zero-order valence-corrected chi connectivity index (χ0v) is 27.1. The number of ether oxygens (including phenoxy) is 1. The molecule has 5 unspecified atom stereocenters. The number of carbonyl (C=O) groups is 4. The van der Waals surface area contributed by atoms with Gasteiger partial charge >= 0.3 is 6.09 Å². The summed E-state index contributed by atoms with van der Waals surface area (Å²) in [5.74, 6) is -3.95. The van der Waals surface area contributed by atoms with Crippen molar-refractivity contribution in [3.8, 4) is 10.6 Å². The lowest BCUT2D eigenvalue weighted by atomic mass is 9.92. The van der Waals surface area contributed by atoms with Crippen molar-refractivity contribution >= 4 is 50.9 Å². The van der Waals surface area contributed by atoms with E-state index in [9.17, 15) is 32.0 Å². The second-order valence-corrected chi connectivity index (χ2v) is 15.7. The smallest absolute Gasteiger partial charge is 0.411 e. The first kappa shape index (κ1) is 32.4.